The molecule has 1 aromatic heterocycles. The van der Waals surface area contributed by atoms with Gasteiger partial charge in [-0.05, 0) is 65.4 Å². The number of hydrogen-bond acceptors (Lipinski definition) is 4. The summed E-state index contributed by atoms with van der Waals surface area (Å²) in [6.45, 7) is 9.34. The molecule has 0 aliphatic rings. The molecule has 0 bridgehead atoms. The van der Waals surface area contributed by atoms with Crippen LogP contribution in [0.25, 0.3) is 22.7 Å². The number of carbonyl (C=O) groups excluding carboxylic acids is 1. The van der Waals surface area contributed by atoms with Crippen LogP contribution in [0.1, 0.15) is 67.9 Å². The highest BCUT2D eigenvalue weighted by molar-refractivity contribution is 6.31. The minimum absolute atomic E-state index is 0.0577. The van der Waals surface area contributed by atoms with E-state index in [4.69, 9.17) is 9.15 Å². The maximum absolute atomic E-state index is 13.6. The fourth-order valence-corrected chi connectivity index (χ4v) is 3.65. The van der Waals surface area contributed by atoms with Crippen LogP contribution in [0.3, 0.4) is 0 Å². The van der Waals surface area contributed by atoms with Crippen molar-refractivity contribution in [2.24, 2.45) is 0 Å². The molecule has 0 spiro atoms. The van der Waals surface area contributed by atoms with Gasteiger partial charge in [-0.25, -0.2) is 4.98 Å². The van der Waals surface area contributed by atoms with E-state index in [1.807, 2.05) is 54.6 Å². The van der Waals surface area contributed by atoms with Crippen molar-refractivity contribution in [1.82, 2.24) is 4.98 Å². The second-order valence-electron chi connectivity index (χ2n) is 9.47. The Labute approximate surface area is 201 Å². The Morgan fingerprint density at radius 1 is 0.971 bits per heavy atom. The number of nitrogens with zero attached hydrogens (tertiary/aromatic N) is 1. The number of para-hydroxylation sites is 2. The van der Waals surface area contributed by atoms with E-state index < -0.39 is 0 Å². The summed E-state index contributed by atoms with van der Waals surface area (Å²) >= 11 is 0. The minimum Gasteiger partial charge on any atom is -0.494 e. The molecule has 0 saturated carbocycles. The first kappa shape index (κ1) is 23.5. The van der Waals surface area contributed by atoms with Crippen molar-refractivity contribution >= 4 is 28.5 Å². The van der Waals surface area contributed by atoms with Gasteiger partial charge in [0.25, 0.3) is 0 Å². The third kappa shape index (κ3) is 5.45. The predicted octanol–water partition coefficient (Wildman–Crippen LogP) is 7.73. The van der Waals surface area contributed by atoms with Crippen LogP contribution in [0.4, 0.5) is 0 Å². The largest absolute Gasteiger partial charge is 0.494 e. The lowest BCUT2D eigenvalue weighted by atomic mass is 9.86. The monoisotopic (exact) mass is 453 g/mol. The fourth-order valence-electron chi connectivity index (χ4n) is 3.65. The molecular formula is C30H31NO3. The van der Waals surface area contributed by atoms with E-state index in [1.165, 1.54) is 5.56 Å². The maximum atomic E-state index is 13.6. The van der Waals surface area contributed by atoms with Gasteiger partial charge in [-0.3, -0.25) is 4.79 Å². The Balaban J connectivity index is 1.70. The summed E-state index contributed by atoms with van der Waals surface area (Å²) in [6.07, 6.45) is 3.93. The molecule has 0 fully saturated rings. The van der Waals surface area contributed by atoms with Crippen LogP contribution in [-0.4, -0.2) is 17.4 Å². The van der Waals surface area contributed by atoms with Gasteiger partial charge in [0, 0.05) is 5.56 Å². The van der Waals surface area contributed by atoms with Crippen LogP contribution in [0.15, 0.2) is 77.2 Å². The second-order valence-corrected chi connectivity index (χ2v) is 9.47. The number of carbonyl (C=O) groups is 1. The van der Waals surface area contributed by atoms with Crippen molar-refractivity contribution in [1.29, 1.82) is 0 Å². The zero-order chi connectivity index (χ0) is 24.1. The molecule has 0 aliphatic carbocycles. The number of benzene rings is 3. The van der Waals surface area contributed by atoms with Crippen molar-refractivity contribution in [2.75, 3.05) is 6.61 Å². The lowest BCUT2D eigenvalue weighted by molar-refractivity contribution is 0.105. The minimum atomic E-state index is -0.147. The SMILES string of the molecule is CCCCOc1ccc(C(=O)/C(=C/c2ccc(C(C)(C)C)cc2)c2nc3ccccc3o2)cc1. The molecule has 34 heavy (non-hydrogen) atoms. The number of aromatic nitrogens is 1. The number of oxazole rings is 1. The van der Waals surface area contributed by atoms with Gasteiger partial charge >= 0.3 is 0 Å². The molecule has 4 rings (SSSR count). The number of ketones is 1. The highest BCUT2D eigenvalue weighted by Crippen LogP contribution is 2.28. The summed E-state index contributed by atoms with van der Waals surface area (Å²) in [4.78, 5) is 18.2. The van der Waals surface area contributed by atoms with E-state index in [1.54, 1.807) is 12.1 Å². The summed E-state index contributed by atoms with van der Waals surface area (Å²) in [7, 11) is 0. The van der Waals surface area contributed by atoms with Crippen LogP contribution in [0.2, 0.25) is 0 Å². The number of Topliss-reactive ketones (excluding diaryl/α,β-unsaturated/α-hetero) is 1. The van der Waals surface area contributed by atoms with Gasteiger partial charge in [0.2, 0.25) is 5.89 Å². The molecule has 4 aromatic rings. The van der Waals surface area contributed by atoms with E-state index in [-0.39, 0.29) is 11.2 Å². The molecule has 174 valence electrons. The van der Waals surface area contributed by atoms with E-state index in [0.29, 0.717) is 29.2 Å². The van der Waals surface area contributed by atoms with Crippen molar-refractivity contribution in [3.05, 3.63) is 95.4 Å². The van der Waals surface area contributed by atoms with Crippen LogP contribution in [0, 0.1) is 0 Å². The zero-order valence-electron chi connectivity index (χ0n) is 20.3. The maximum Gasteiger partial charge on any atom is 0.231 e. The van der Waals surface area contributed by atoms with E-state index in [2.05, 4.69) is 44.8 Å². The van der Waals surface area contributed by atoms with Crippen molar-refractivity contribution in [3.63, 3.8) is 0 Å². The molecule has 4 nitrogen and oxygen atoms in total. The Bertz CT molecular complexity index is 1260. The van der Waals surface area contributed by atoms with Crippen LogP contribution in [0.5, 0.6) is 5.75 Å². The lowest BCUT2D eigenvalue weighted by Gasteiger charge is -2.18. The van der Waals surface area contributed by atoms with Gasteiger partial charge in [0.1, 0.15) is 11.3 Å². The first-order valence-electron chi connectivity index (χ1n) is 11.8. The molecule has 3 aromatic carbocycles. The zero-order valence-corrected chi connectivity index (χ0v) is 20.3. The average Bonchev–Trinajstić information content (AvgIpc) is 3.26. The number of allylic oxidation sites excluding steroid dienone is 1. The molecule has 0 N–H and O–H groups in total. The number of hydrogen-bond donors (Lipinski definition) is 0. The molecular weight excluding hydrogens is 422 g/mol. The lowest BCUT2D eigenvalue weighted by Crippen LogP contribution is -2.10. The van der Waals surface area contributed by atoms with Gasteiger partial charge in [-0.2, -0.15) is 0 Å². The predicted molar refractivity (Wildman–Crippen MR) is 138 cm³/mol. The van der Waals surface area contributed by atoms with Crippen molar-refractivity contribution in [3.8, 4) is 5.75 Å². The van der Waals surface area contributed by atoms with Gasteiger partial charge < -0.3 is 9.15 Å². The van der Waals surface area contributed by atoms with Gasteiger partial charge in [-0.15, -0.1) is 0 Å². The summed E-state index contributed by atoms with van der Waals surface area (Å²) < 4.78 is 11.7. The van der Waals surface area contributed by atoms with Crippen LogP contribution in [-0.2, 0) is 5.41 Å². The van der Waals surface area contributed by atoms with Crippen LogP contribution >= 0.6 is 0 Å². The molecule has 0 amide bonds. The standard InChI is InChI=1S/C30H31NO3/c1-5-6-19-33-24-17-13-22(14-18-24)28(32)25(29-31-26-9-7-8-10-27(26)34-29)20-21-11-15-23(16-12-21)30(2,3)4/h7-18,20H,5-6,19H2,1-4H3/b25-20-. The fraction of sp³-hybridized carbons (Fsp3) is 0.267. The number of fused-ring (bicyclic) bond motifs is 1. The second kappa shape index (κ2) is 10.1. The van der Waals surface area contributed by atoms with Gasteiger partial charge in [-0.1, -0.05) is 70.5 Å². The molecule has 0 aliphatic heterocycles. The number of ether oxygens (including phenoxy) is 1. The normalized spacial score (nSPS) is 12.2. The smallest absolute Gasteiger partial charge is 0.231 e. The number of unbranched alkanes of at least 4 members (excludes halogenated alkanes) is 1. The highest BCUT2D eigenvalue weighted by atomic mass is 16.5. The third-order valence-corrected chi connectivity index (χ3v) is 5.74. The van der Waals surface area contributed by atoms with Crippen LogP contribution < -0.4 is 4.74 Å². The molecule has 1 heterocycles. The first-order chi connectivity index (χ1) is 16.3. The molecule has 0 atom stereocenters. The third-order valence-electron chi connectivity index (χ3n) is 5.74. The van der Waals surface area contributed by atoms with E-state index >= 15 is 0 Å². The number of rotatable bonds is 8. The average molecular weight is 454 g/mol. The summed E-state index contributed by atoms with van der Waals surface area (Å²) in [5, 5.41) is 0. The van der Waals surface area contributed by atoms with Gasteiger partial charge in [0.05, 0.1) is 12.2 Å². The Kier molecular flexibility index (Phi) is 6.97. The molecule has 0 saturated heterocycles. The summed E-state index contributed by atoms with van der Waals surface area (Å²) in [5.41, 5.74) is 4.55. The summed E-state index contributed by atoms with van der Waals surface area (Å²) in [6, 6.07) is 23.1. The van der Waals surface area contributed by atoms with E-state index in [0.717, 1.165) is 29.7 Å². The Morgan fingerprint density at radius 2 is 1.68 bits per heavy atom. The summed E-state index contributed by atoms with van der Waals surface area (Å²) in [5.74, 6) is 0.927. The Hall–Kier alpha value is -3.66. The van der Waals surface area contributed by atoms with Crippen molar-refractivity contribution in [2.45, 2.75) is 46.0 Å². The molecule has 4 heteroatoms. The van der Waals surface area contributed by atoms with E-state index in [9.17, 15) is 4.79 Å². The topological polar surface area (TPSA) is 52.3 Å². The Morgan fingerprint density at radius 3 is 2.32 bits per heavy atom. The quantitative estimate of drug-likeness (QED) is 0.156. The highest BCUT2D eigenvalue weighted by Gasteiger charge is 2.21. The first-order valence-corrected chi connectivity index (χ1v) is 11.8. The molecule has 0 unspecified atom stereocenters. The van der Waals surface area contributed by atoms with Crippen molar-refractivity contribution < 1.29 is 13.9 Å². The molecule has 0 radical (unpaired) electrons. The van der Waals surface area contributed by atoms with Gasteiger partial charge in [0.15, 0.2) is 11.4 Å².